The minimum atomic E-state index is -0.0000586. The fourth-order valence-electron chi connectivity index (χ4n) is 2.78. The van der Waals surface area contributed by atoms with Crippen molar-refractivity contribution in [3.63, 3.8) is 0 Å². The second-order valence-electron chi connectivity index (χ2n) is 5.72. The number of hydrogen-bond donors (Lipinski definition) is 2. The van der Waals surface area contributed by atoms with Gasteiger partial charge in [0.25, 0.3) is 5.56 Å². The standard InChI is InChI=1S/C18H19N3O/c1-12-6-13(2)16-8-15(18(22)21-17(16)7-12)11-20-10-14-4-3-5-19-9-14/h3-9,20H,10-11H2,1-2H3,(H,21,22)/p+1. The Morgan fingerprint density at radius 3 is 2.82 bits per heavy atom. The average molecular weight is 294 g/mol. The minimum Gasteiger partial charge on any atom is -0.339 e. The Hall–Kier alpha value is -2.46. The van der Waals surface area contributed by atoms with Gasteiger partial charge in [0.1, 0.15) is 13.1 Å². The summed E-state index contributed by atoms with van der Waals surface area (Å²) in [6.07, 6.45) is 3.62. The van der Waals surface area contributed by atoms with E-state index in [4.69, 9.17) is 0 Å². The third kappa shape index (κ3) is 3.07. The van der Waals surface area contributed by atoms with Crippen molar-refractivity contribution in [2.24, 2.45) is 0 Å². The number of hydrogen-bond acceptors (Lipinski definition) is 2. The number of H-pyrrole nitrogens is 1. The highest BCUT2D eigenvalue weighted by Crippen LogP contribution is 2.18. The molecule has 2 aromatic heterocycles. The number of aryl methyl sites for hydroxylation is 2. The number of rotatable bonds is 4. The van der Waals surface area contributed by atoms with Gasteiger partial charge in [-0.1, -0.05) is 12.1 Å². The van der Waals surface area contributed by atoms with Crippen molar-refractivity contribution in [2.45, 2.75) is 26.9 Å². The van der Waals surface area contributed by atoms with Crippen LogP contribution in [0.2, 0.25) is 0 Å². The molecule has 0 saturated carbocycles. The molecule has 1 aromatic carbocycles. The number of aromatic amines is 1. The van der Waals surface area contributed by atoms with Crippen LogP contribution in [0.15, 0.2) is 47.5 Å². The molecule has 0 fully saturated rings. The van der Waals surface area contributed by atoms with Crippen LogP contribution in [0, 0.1) is 13.8 Å². The molecule has 2 heterocycles. The number of fused-ring (bicyclic) bond motifs is 1. The Bertz CT molecular complexity index is 853. The van der Waals surface area contributed by atoms with E-state index in [1.165, 1.54) is 5.56 Å². The minimum absolute atomic E-state index is 0.0000586. The highest BCUT2D eigenvalue weighted by molar-refractivity contribution is 5.83. The molecule has 0 aliphatic carbocycles. The first-order valence-electron chi connectivity index (χ1n) is 7.47. The number of benzene rings is 1. The monoisotopic (exact) mass is 294 g/mol. The highest BCUT2D eigenvalue weighted by Gasteiger charge is 2.07. The van der Waals surface area contributed by atoms with E-state index in [1.807, 2.05) is 37.4 Å². The number of quaternary nitrogens is 1. The largest absolute Gasteiger partial charge is 0.339 e. The molecule has 112 valence electrons. The fraction of sp³-hybridized carbons (Fsp3) is 0.222. The molecule has 0 atom stereocenters. The third-order valence-electron chi connectivity index (χ3n) is 3.86. The fourth-order valence-corrected chi connectivity index (χ4v) is 2.78. The van der Waals surface area contributed by atoms with Gasteiger partial charge in [0, 0.05) is 28.9 Å². The van der Waals surface area contributed by atoms with Crippen LogP contribution >= 0.6 is 0 Å². The zero-order valence-corrected chi connectivity index (χ0v) is 12.9. The zero-order chi connectivity index (χ0) is 15.5. The summed E-state index contributed by atoms with van der Waals surface area (Å²) in [7, 11) is 0. The van der Waals surface area contributed by atoms with E-state index in [2.05, 4.69) is 28.3 Å². The number of pyridine rings is 2. The number of nitrogens with zero attached hydrogens (tertiary/aromatic N) is 1. The van der Waals surface area contributed by atoms with Crippen molar-refractivity contribution in [3.05, 3.63) is 75.3 Å². The summed E-state index contributed by atoms with van der Waals surface area (Å²) in [5.41, 5.74) is 5.24. The molecule has 0 aliphatic rings. The summed E-state index contributed by atoms with van der Waals surface area (Å²) in [5, 5.41) is 3.24. The third-order valence-corrected chi connectivity index (χ3v) is 3.86. The summed E-state index contributed by atoms with van der Waals surface area (Å²) in [6, 6.07) is 10.2. The second kappa shape index (κ2) is 6.12. The summed E-state index contributed by atoms with van der Waals surface area (Å²) >= 11 is 0. The molecule has 0 radical (unpaired) electrons. The van der Waals surface area contributed by atoms with Crippen LogP contribution in [0.25, 0.3) is 10.9 Å². The van der Waals surface area contributed by atoms with Gasteiger partial charge in [-0.05, 0) is 43.2 Å². The van der Waals surface area contributed by atoms with Gasteiger partial charge in [0.2, 0.25) is 0 Å². The van der Waals surface area contributed by atoms with Crippen LogP contribution < -0.4 is 10.9 Å². The lowest BCUT2D eigenvalue weighted by Gasteiger charge is -2.07. The highest BCUT2D eigenvalue weighted by atomic mass is 16.1. The van der Waals surface area contributed by atoms with Crippen LogP contribution in [0.3, 0.4) is 0 Å². The molecule has 0 saturated heterocycles. The van der Waals surface area contributed by atoms with Crippen molar-refractivity contribution < 1.29 is 5.32 Å². The van der Waals surface area contributed by atoms with Crippen molar-refractivity contribution in [1.82, 2.24) is 9.97 Å². The van der Waals surface area contributed by atoms with Gasteiger partial charge in [0.05, 0.1) is 5.56 Å². The van der Waals surface area contributed by atoms with Crippen molar-refractivity contribution >= 4 is 10.9 Å². The normalized spacial score (nSPS) is 11.0. The van der Waals surface area contributed by atoms with Crippen LogP contribution in [0.5, 0.6) is 0 Å². The molecule has 0 unspecified atom stereocenters. The predicted molar refractivity (Wildman–Crippen MR) is 87.6 cm³/mol. The second-order valence-corrected chi connectivity index (χ2v) is 5.72. The lowest BCUT2D eigenvalue weighted by Crippen LogP contribution is -2.81. The molecular formula is C18H20N3O+. The van der Waals surface area contributed by atoms with Gasteiger partial charge < -0.3 is 10.3 Å². The molecule has 0 aliphatic heterocycles. The van der Waals surface area contributed by atoms with Gasteiger partial charge in [0.15, 0.2) is 0 Å². The van der Waals surface area contributed by atoms with Gasteiger partial charge in [-0.3, -0.25) is 9.78 Å². The van der Waals surface area contributed by atoms with E-state index >= 15 is 0 Å². The van der Waals surface area contributed by atoms with E-state index < -0.39 is 0 Å². The molecular weight excluding hydrogens is 274 g/mol. The number of nitrogens with two attached hydrogens (primary N) is 1. The Labute approximate surface area is 129 Å². The van der Waals surface area contributed by atoms with Crippen LogP contribution in [0.1, 0.15) is 22.3 Å². The Balaban J connectivity index is 1.82. The van der Waals surface area contributed by atoms with Crippen LogP contribution in [0.4, 0.5) is 0 Å². The summed E-state index contributed by atoms with van der Waals surface area (Å²) in [5.74, 6) is 0. The zero-order valence-electron chi connectivity index (χ0n) is 12.9. The Kier molecular flexibility index (Phi) is 4.02. The molecule has 3 rings (SSSR count). The summed E-state index contributed by atoms with van der Waals surface area (Å²) in [6.45, 7) is 5.60. The predicted octanol–water partition coefficient (Wildman–Crippen LogP) is 1.80. The summed E-state index contributed by atoms with van der Waals surface area (Å²) in [4.78, 5) is 19.3. The number of nitrogens with one attached hydrogen (secondary N) is 1. The van der Waals surface area contributed by atoms with Gasteiger partial charge in [-0.25, -0.2) is 0 Å². The molecule has 4 heteroatoms. The maximum atomic E-state index is 12.2. The molecule has 0 spiro atoms. The quantitative estimate of drug-likeness (QED) is 0.771. The van der Waals surface area contributed by atoms with Gasteiger partial charge in [-0.15, -0.1) is 0 Å². The molecule has 22 heavy (non-hydrogen) atoms. The lowest BCUT2D eigenvalue weighted by atomic mass is 10.0. The number of aromatic nitrogens is 2. The molecule has 3 N–H and O–H groups in total. The van der Waals surface area contributed by atoms with Crippen LogP contribution in [-0.2, 0) is 13.1 Å². The first kappa shape index (κ1) is 14.5. The summed E-state index contributed by atoms with van der Waals surface area (Å²) < 4.78 is 0. The topological polar surface area (TPSA) is 62.4 Å². The maximum Gasteiger partial charge on any atom is 0.257 e. The van der Waals surface area contributed by atoms with Crippen LogP contribution in [-0.4, -0.2) is 9.97 Å². The smallest absolute Gasteiger partial charge is 0.257 e. The first-order valence-corrected chi connectivity index (χ1v) is 7.47. The SMILES string of the molecule is Cc1cc(C)c2cc(C[NH2+]Cc3cccnc3)c(=O)[nH]c2c1. The Morgan fingerprint density at radius 1 is 1.18 bits per heavy atom. The van der Waals surface area contributed by atoms with Crippen molar-refractivity contribution in [1.29, 1.82) is 0 Å². The van der Waals surface area contributed by atoms with E-state index in [0.717, 1.165) is 34.1 Å². The lowest BCUT2D eigenvalue weighted by molar-refractivity contribution is -0.686. The maximum absolute atomic E-state index is 12.2. The van der Waals surface area contributed by atoms with Gasteiger partial charge in [-0.2, -0.15) is 0 Å². The van der Waals surface area contributed by atoms with Crippen molar-refractivity contribution in [3.8, 4) is 0 Å². The molecule has 0 bridgehead atoms. The van der Waals surface area contributed by atoms with E-state index in [0.29, 0.717) is 6.54 Å². The van der Waals surface area contributed by atoms with E-state index in [1.54, 1.807) is 6.20 Å². The first-order chi connectivity index (χ1) is 10.6. The van der Waals surface area contributed by atoms with Gasteiger partial charge >= 0.3 is 0 Å². The molecule has 3 aromatic rings. The molecule has 0 amide bonds. The van der Waals surface area contributed by atoms with Crippen molar-refractivity contribution in [2.75, 3.05) is 0 Å². The molecule has 4 nitrogen and oxygen atoms in total. The van der Waals surface area contributed by atoms with E-state index in [-0.39, 0.29) is 5.56 Å². The average Bonchev–Trinajstić information content (AvgIpc) is 2.49. The van der Waals surface area contributed by atoms with E-state index in [9.17, 15) is 4.79 Å². The Morgan fingerprint density at radius 2 is 2.05 bits per heavy atom.